The molecule has 0 saturated heterocycles. The molecule has 17 heavy (non-hydrogen) atoms. The lowest BCUT2D eigenvalue weighted by Crippen LogP contribution is -2.16. The van der Waals surface area contributed by atoms with Crippen LogP contribution < -0.4 is 0 Å². The maximum Gasteiger partial charge on any atom is 0.337 e. The van der Waals surface area contributed by atoms with Crippen LogP contribution in [-0.2, 0) is 21.3 Å². The molecule has 0 radical (unpaired) electrons. The van der Waals surface area contributed by atoms with Gasteiger partial charge >= 0.3 is 5.97 Å². The van der Waals surface area contributed by atoms with Gasteiger partial charge in [0.05, 0.1) is 0 Å². The molecule has 92 valence electrons. The Morgan fingerprint density at radius 3 is 2.41 bits per heavy atom. The van der Waals surface area contributed by atoms with E-state index in [1.807, 2.05) is 0 Å². The minimum atomic E-state index is -1.60. The summed E-state index contributed by atoms with van der Waals surface area (Å²) >= 11 is 3.24. The molecule has 0 bridgehead atoms. The zero-order valence-corrected chi connectivity index (χ0v) is 10.9. The smallest absolute Gasteiger partial charge is 0.337 e. The number of carboxylic acid groups (broad SMARTS) is 1. The molecule has 0 fully saturated rings. The lowest BCUT2D eigenvalue weighted by molar-refractivity contribution is -0.147. The molecule has 0 saturated carbocycles. The summed E-state index contributed by atoms with van der Waals surface area (Å²) in [5.41, 5.74) is 1.55. The second-order valence-corrected chi connectivity index (χ2v) is 4.30. The molecule has 0 aliphatic carbocycles. The Hall–Kier alpha value is -1.20. The zero-order valence-electron chi connectivity index (χ0n) is 9.31. The summed E-state index contributed by atoms with van der Waals surface area (Å²) in [5, 5.41) is 19.0. The topological polar surface area (TPSA) is 74.6 Å². The molecule has 4 nitrogen and oxygen atoms in total. The first kappa shape index (κ1) is 13.9. The van der Waals surface area contributed by atoms with Crippen molar-refractivity contribution in [2.75, 3.05) is 0 Å². The SMILES string of the molecule is CC(=O)Cc1cccc(CBr)c1C(O)C(=O)O. The number of aliphatic hydroxyl groups is 1. The van der Waals surface area contributed by atoms with Crippen LogP contribution in [0.5, 0.6) is 0 Å². The number of rotatable bonds is 5. The van der Waals surface area contributed by atoms with E-state index in [9.17, 15) is 14.7 Å². The fourth-order valence-corrected chi connectivity index (χ4v) is 2.17. The van der Waals surface area contributed by atoms with Gasteiger partial charge in [-0.2, -0.15) is 0 Å². The van der Waals surface area contributed by atoms with Crippen molar-refractivity contribution >= 4 is 27.7 Å². The van der Waals surface area contributed by atoms with Crippen molar-refractivity contribution in [3.8, 4) is 0 Å². The Kier molecular flexibility index (Phi) is 4.84. The van der Waals surface area contributed by atoms with Gasteiger partial charge in [0.15, 0.2) is 6.10 Å². The van der Waals surface area contributed by atoms with Crippen LogP contribution in [0.4, 0.5) is 0 Å². The molecule has 0 amide bonds. The molecule has 1 aromatic rings. The fourth-order valence-electron chi connectivity index (χ4n) is 1.68. The van der Waals surface area contributed by atoms with Crippen molar-refractivity contribution in [3.63, 3.8) is 0 Å². The van der Waals surface area contributed by atoms with E-state index in [1.54, 1.807) is 18.2 Å². The van der Waals surface area contributed by atoms with E-state index in [-0.39, 0.29) is 12.2 Å². The first-order valence-electron chi connectivity index (χ1n) is 5.04. The molecule has 5 heteroatoms. The van der Waals surface area contributed by atoms with Gasteiger partial charge in [-0.1, -0.05) is 34.1 Å². The number of carboxylic acids is 1. The zero-order chi connectivity index (χ0) is 13.0. The molecule has 2 N–H and O–H groups in total. The maximum absolute atomic E-state index is 11.1. The fraction of sp³-hybridized carbons (Fsp3) is 0.333. The Morgan fingerprint density at radius 2 is 1.94 bits per heavy atom. The number of ketones is 1. The van der Waals surface area contributed by atoms with E-state index >= 15 is 0 Å². The summed E-state index contributed by atoms with van der Waals surface area (Å²) in [6.45, 7) is 1.43. The lowest BCUT2D eigenvalue weighted by atomic mass is 9.94. The Balaban J connectivity index is 3.29. The first-order chi connectivity index (χ1) is 7.97. The molecule has 1 rings (SSSR count). The Labute approximate surface area is 107 Å². The van der Waals surface area contributed by atoms with Crippen molar-refractivity contribution in [1.29, 1.82) is 0 Å². The third-order valence-corrected chi connectivity index (χ3v) is 2.98. The van der Waals surface area contributed by atoms with Crippen molar-refractivity contribution < 1.29 is 19.8 Å². The van der Waals surface area contributed by atoms with E-state index in [1.165, 1.54) is 6.92 Å². The van der Waals surface area contributed by atoms with E-state index < -0.39 is 12.1 Å². The van der Waals surface area contributed by atoms with Crippen LogP contribution in [0, 0.1) is 0 Å². The number of aliphatic carboxylic acids is 1. The van der Waals surface area contributed by atoms with Gasteiger partial charge in [-0.3, -0.25) is 4.79 Å². The highest BCUT2D eigenvalue weighted by atomic mass is 79.9. The van der Waals surface area contributed by atoms with Crippen molar-refractivity contribution in [2.45, 2.75) is 24.8 Å². The summed E-state index contributed by atoms with van der Waals surface area (Å²) in [6.07, 6.45) is -1.47. The summed E-state index contributed by atoms with van der Waals surface area (Å²) in [5.74, 6) is -1.39. The van der Waals surface area contributed by atoms with Gasteiger partial charge in [0.2, 0.25) is 0 Å². The van der Waals surface area contributed by atoms with Gasteiger partial charge in [0, 0.05) is 11.8 Å². The second-order valence-electron chi connectivity index (χ2n) is 3.74. The minimum absolute atomic E-state index is 0.0736. The average molecular weight is 301 g/mol. The normalized spacial score (nSPS) is 12.2. The van der Waals surface area contributed by atoms with Crippen LogP contribution in [-0.4, -0.2) is 22.0 Å². The molecule has 0 spiro atoms. The van der Waals surface area contributed by atoms with Crippen molar-refractivity contribution in [1.82, 2.24) is 0 Å². The summed E-state index contributed by atoms with van der Waals surface area (Å²) in [7, 11) is 0. The largest absolute Gasteiger partial charge is 0.479 e. The van der Waals surface area contributed by atoms with Crippen molar-refractivity contribution in [3.05, 3.63) is 34.9 Å². The van der Waals surface area contributed by atoms with Crippen LogP contribution in [0.2, 0.25) is 0 Å². The number of alkyl halides is 1. The Bertz CT molecular complexity index is 442. The number of halogens is 1. The highest BCUT2D eigenvalue weighted by Crippen LogP contribution is 2.25. The van der Waals surface area contributed by atoms with Gasteiger partial charge in [0.25, 0.3) is 0 Å². The molecule has 1 unspecified atom stereocenters. The monoisotopic (exact) mass is 300 g/mol. The molecule has 0 aromatic heterocycles. The number of aliphatic hydroxyl groups excluding tert-OH is 1. The average Bonchev–Trinajstić information content (AvgIpc) is 2.26. The van der Waals surface area contributed by atoms with Crippen LogP contribution in [0.1, 0.15) is 29.7 Å². The Morgan fingerprint density at radius 1 is 1.35 bits per heavy atom. The molecule has 0 aliphatic rings. The number of carbonyl (C=O) groups is 2. The van der Waals surface area contributed by atoms with Crippen LogP contribution in [0.3, 0.4) is 0 Å². The number of hydrogen-bond acceptors (Lipinski definition) is 3. The van der Waals surface area contributed by atoms with Gasteiger partial charge in [-0.15, -0.1) is 0 Å². The molecule has 0 heterocycles. The van der Waals surface area contributed by atoms with Crippen LogP contribution in [0.15, 0.2) is 18.2 Å². The first-order valence-corrected chi connectivity index (χ1v) is 6.16. The van der Waals surface area contributed by atoms with Gasteiger partial charge < -0.3 is 10.2 Å². The number of carbonyl (C=O) groups excluding carboxylic acids is 1. The number of hydrogen-bond donors (Lipinski definition) is 2. The van der Waals surface area contributed by atoms with Crippen LogP contribution in [0.25, 0.3) is 0 Å². The molecular formula is C12H13BrO4. The van der Waals surface area contributed by atoms with Gasteiger partial charge in [-0.05, 0) is 23.6 Å². The van der Waals surface area contributed by atoms with E-state index in [0.29, 0.717) is 22.0 Å². The quantitative estimate of drug-likeness (QED) is 0.814. The molecule has 0 aliphatic heterocycles. The predicted octanol–water partition coefficient (Wildman–Crippen LogP) is 1.83. The van der Waals surface area contributed by atoms with E-state index in [0.717, 1.165) is 0 Å². The predicted molar refractivity (Wildman–Crippen MR) is 66.1 cm³/mol. The highest BCUT2D eigenvalue weighted by Gasteiger charge is 2.22. The third kappa shape index (κ3) is 3.38. The third-order valence-electron chi connectivity index (χ3n) is 2.38. The van der Waals surface area contributed by atoms with E-state index in [2.05, 4.69) is 15.9 Å². The van der Waals surface area contributed by atoms with Gasteiger partial charge in [-0.25, -0.2) is 4.79 Å². The standard InChI is InChI=1S/C12H13BrO4/c1-7(14)5-8-3-2-4-9(6-13)10(8)11(15)12(16)17/h2-4,11,15H,5-6H2,1H3,(H,16,17). The molecule has 1 aromatic carbocycles. The minimum Gasteiger partial charge on any atom is -0.479 e. The van der Waals surface area contributed by atoms with Gasteiger partial charge in [0.1, 0.15) is 5.78 Å². The number of Topliss-reactive ketones (excluding diaryl/α,β-unsaturated/α-hetero) is 1. The summed E-state index contributed by atoms with van der Waals surface area (Å²) < 4.78 is 0. The van der Waals surface area contributed by atoms with Crippen LogP contribution >= 0.6 is 15.9 Å². The molecule has 1 atom stereocenters. The molecular weight excluding hydrogens is 288 g/mol. The summed E-state index contributed by atoms with van der Waals surface area (Å²) in [4.78, 5) is 22.0. The maximum atomic E-state index is 11.1. The van der Waals surface area contributed by atoms with E-state index in [4.69, 9.17) is 5.11 Å². The number of benzene rings is 1. The summed E-state index contributed by atoms with van der Waals surface area (Å²) in [6, 6.07) is 5.13. The highest BCUT2D eigenvalue weighted by molar-refractivity contribution is 9.08. The van der Waals surface area contributed by atoms with Crippen molar-refractivity contribution in [2.24, 2.45) is 0 Å². The second kappa shape index (κ2) is 5.93. The lowest BCUT2D eigenvalue weighted by Gasteiger charge is -2.15.